The van der Waals surface area contributed by atoms with Gasteiger partial charge in [0.05, 0.1) is 0 Å². The number of nitrogens with zero attached hydrogens (tertiary/aromatic N) is 1. The molecule has 4 aromatic carbocycles. The number of rotatable bonds is 4. The third-order valence-electron chi connectivity index (χ3n) is 4.56. The fourth-order valence-corrected chi connectivity index (χ4v) is 3.38. The van der Waals surface area contributed by atoms with Crippen molar-refractivity contribution >= 4 is 28.7 Å². The molecular formula is C25H20ClN. The molecule has 0 aromatic heterocycles. The Morgan fingerprint density at radius 1 is 0.556 bits per heavy atom. The van der Waals surface area contributed by atoms with Gasteiger partial charge in [0.2, 0.25) is 0 Å². The molecule has 0 amide bonds. The van der Waals surface area contributed by atoms with Gasteiger partial charge >= 0.3 is 0 Å². The molecule has 0 unspecified atom stereocenters. The molecule has 0 aliphatic heterocycles. The first-order valence-corrected chi connectivity index (χ1v) is 9.36. The van der Waals surface area contributed by atoms with E-state index in [2.05, 4.69) is 96.8 Å². The van der Waals surface area contributed by atoms with Crippen LogP contribution in [0.3, 0.4) is 0 Å². The summed E-state index contributed by atoms with van der Waals surface area (Å²) in [6, 6.07) is 35.6. The quantitative estimate of drug-likeness (QED) is 0.355. The molecule has 0 heterocycles. The van der Waals surface area contributed by atoms with Gasteiger partial charge in [-0.05, 0) is 72.1 Å². The van der Waals surface area contributed by atoms with Crippen LogP contribution in [0.1, 0.15) is 5.56 Å². The average Bonchev–Trinajstić information content (AvgIpc) is 2.70. The van der Waals surface area contributed by atoms with Crippen molar-refractivity contribution in [1.82, 2.24) is 0 Å². The minimum atomic E-state index is 0.751. The molecule has 0 bridgehead atoms. The van der Waals surface area contributed by atoms with Crippen molar-refractivity contribution in [3.05, 3.63) is 114 Å². The van der Waals surface area contributed by atoms with Crippen LogP contribution in [0.15, 0.2) is 103 Å². The van der Waals surface area contributed by atoms with E-state index in [1.165, 1.54) is 5.56 Å². The number of aryl methyl sites for hydroxylation is 1. The van der Waals surface area contributed by atoms with Crippen LogP contribution in [0.5, 0.6) is 0 Å². The van der Waals surface area contributed by atoms with Crippen LogP contribution in [-0.4, -0.2) is 0 Å². The summed E-state index contributed by atoms with van der Waals surface area (Å²) in [6.07, 6.45) is 0. The Morgan fingerprint density at radius 2 is 1.19 bits per heavy atom. The highest BCUT2D eigenvalue weighted by Crippen LogP contribution is 2.36. The monoisotopic (exact) mass is 369 g/mol. The summed E-state index contributed by atoms with van der Waals surface area (Å²) in [6.45, 7) is 2.12. The molecule has 0 aliphatic rings. The Morgan fingerprint density at radius 3 is 1.89 bits per heavy atom. The van der Waals surface area contributed by atoms with Crippen LogP contribution in [0, 0.1) is 6.92 Å². The Hall–Kier alpha value is -3.03. The number of anilines is 3. The summed E-state index contributed by atoms with van der Waals surface area (Å²) in [5.41, 5.74) is 6.96. The van der Waals surface area contributed by atoms with Crippen molar-refractivity contribution in [2.24, 2.45) is 0 Å². The van der Waals surface area contributed by atoms with Crippen molar-refractivity contribution in [2.45, 2.75) is 6.92 Å². The van der Waals surface area contributed by atoms with Gasteiger partial charge < -0.3 is 4.90 Å². The van der Waals surface area contributed by atoms with E-state index >= 15 is 0 Å². The van der Waals surface area contributed by atoms with Crippen LogP contribution in [0.2, 0.25) is 5.02 Å². The topological polar surface area (TPSA) is 3.24 Å². The van der Waals surface area contributed by atoms with E-state index in [9.17, 15) is 0 Å². The van der Waals surface area contributed by atoms with Crippen LogP contribution < -0.4 is 4.90 Å². The summed E-state index contributed by atoms with van der Waals surface area (Å²) in [7, 11) is 0. The zero-order valence-corrected chi connectivity index (χ0v) is 15.9. The zero-order chi connectivity index (χ0) is 18.6. The Balaban J connectivity index is 1.83. The highest BCUT2D eigenvalue weighted by Gasteiger charge is 2.13. The second kappa shape index (κ2) is 7.69. The Bertz CT molecular complexity index is 1040. The lowest BCUT2D eigenvalue weighted by Crippen LogP contribution is -2.10. The summed E-state index contributed by atoms with van der Waals surface area (Å²) in [4.78, 5) is 2.28. The van der Waals surface area contributed by atoms with Crippen molar-refractivity contribution < 1.29 is 0 Å². The van der Waals surface area contributed by atoms with Gasteiger partial charge in [-0.15, -0.1) is 0 Å². The maximum Gasteiger partial charge on any atom is 0.0467 e. The highest BCUT2D eigenvalue weighted by molar-refractivity contribution is 6.30. The lowest BCUT2D eigenvalue weighted by Gasteiger charge is -2.26. The molecule has 132 valence electrons. The van der Waals surface area contributed by atoms with E-state index in [0.29, 0.717) is 0 Å². The normalized spacial score (nSPS) is 10.6. The van der Waals surface area contributed by atoms with Crippen molar-refractivity contribution in [2.75, 3.05) is 4.90 Å². The molecule has 0 fully saturated rings. The van der Waals surface area contributed by atoms with E-state index in [1.807, 2.05) is 18.2 Å². The lowest BCUT2D eigenvalue weighted by atomic mass is 10.0. The molecule has 0 saturated carbocycles. The largest absolute Gasteiger partial charge is 0.310 e. The third-order valence-corrected chi connectivity index (χ3v) is 4.81. The van der Waals surface area contributed by atoms with E-state index in [4.69, 9.17) is 11.6 Å². The third kappa shape index (κ3) is 3.89. The lowest BCUT2D eigenvalue weighted by molar-refractivity contribution is 1.27. The molecule has 2 heteroatoms. The van der Waals surface area contributed by atoms with Crippen LogP contribution in [0.4, 0.5) is 17.1 Å². The molecule has 0 atom stereocenters. The predicted molar refractivity (Wildman–Crippen MR) is 116 cm³/mol. The first-order valence-electron chi connectivity index (χ1n) is 8.98. The molecule has 0 aliphatic carbocycles. The van der Waals surface area contributed by atoms with E-state index in [1.54, 1.807) is 0 Å². The minimum Gasteiger partial charge on any atom is -0.310 e. The first kappa shape index (κ1) is 17.4. The number of halogens is 1. The SMILES string of the molecule is Cc1cccc(N(c2ccccc2)c2cccc(-c3ccc(Cl)cc3)c2)c1. The molecule has 0 radical (unpaired) electrons. The smallest absolute Gasteiger partial charge is 0.0467 e. The molecule has 27 heavy (non-hydrogen) atoms. The Kier molecular flexibility index (Phi) is 4.95. The van der Waals surface area contributed by atoms with Crippen molar-refractivity contribution in [3.8, 4) is 11.1 Å². The average molecular weight is 370 g/mol. The van der Waals surface area contributed by atoms with E-state index in [0.717, 1.165) is 33.2 Å². The number of hydrogen-bond acceptors (Lipinski definition) is 1. The van der Waals surface area contributed by atoms with Gasteiger partial charge in [-0.3, -0.25) is 0 Å². The number of hydrogen-bond donors (Lipinski definition) is 0. The number of benzene rings is 4. The van der Waals surface area contributed by atoms with Gasteiger partial charge in [0.25, 0.3) is 0 Å². The molecule has 4 rings (SSSR count). The molecule has 0 spiro atoms. The van der Waals surface area contributed by atoms with Crippen LogP contribution >= 0.6 is 11.6 Å². The summed E-state index contributed by atoms with van der Waals surface area (Å²) in [5, 5.41) is 0.751. The van der Waals surface area contributed by atoms with Gasteiger partial charge in [-0.2, -0.15) is 0 Å². The van der Waals surface area contributed by atoms with Gasteiger partial charge in [0.15, 0.2) is 0 Å². The molecular weight excluding hydrogens is 350 g/mol. The highest BCUT2D eigenvalue weighted by atomic mass is 35.5. The van der Waals surface area contributed by atoms with Gasteiger partial charge in [0.1, 0.15) is 0 Å². The van der Waals surface area contributed by atoms with Gasteiger partial charge in [0, 0.05) is 22.1 Å². The second-order valence-electron chi connectivity index (χ2n) is 6.57. The predicted octanol–water partition coefficient (Wildman–Crippen LogP) is 7.79. The fourth-order valence-electron chi connectivity index (χ4n) is 3.26. The van der Waals surface area contributed by atoms with Crippen molar-refractivity contribution in [1.29, 1.82) is 0 Å². The Labute approximate surface area is 165 Å². The molecule has 0 saturated heterocycles. The van der Waals surface area contributed by atoms with Gasteiger partial charge in [-0.1, -0.05) is 66.2 Å². The molecule has 0 N–H and O–H groups in total. The summed E-state index contributed by atoms with van der Waals surface area (Å²) >= 11 is 6.05. The summed E-state index contributed by atoms with van der Waals surface area (Å²) < 4.78 is 0. The van der Waals surface area contributed by atoms with Gasteiger partial charge in [-0.25, -0.2) is 0 Å². The van der Waals surface area contributed by atoms with Crippen LogP contribution in [0.25, 0.3) is 11.1 Å². The maximum absolute atomic E-state index is 6.05. The zero-order valence-electron chi connectivity index (χ0n) is 15.1. The molecule has 1 nitrogen and oxygen atoms in total. The standard InChI is InChI=1S/C25H20ClN/c1-19-7-5-11-24(17-19)27(23-9-3-2-4-10-23)25-12-6-8-21(18-25)20-13-15-22(26)16-14-20/h2-18H,1H3. The first-order chi connectivity index (χ1) is 13.2. The maximum atomic E-state index is 6.05. The summed E-state index contributed by atoms with van der Waals surface area (Å²) in [5.74, 6) is 0. The van der Waals surface area contributed by atoms with Crippen molar-refractivity contribution in [3.63, 3.8) is 0 Å². The van der Waals surface area contributed by atoms with Crippen LogP contribution in [-0.2, 0) is 0 Å². The molecule has 4 aromatic rings. The van der Waals surface area contributed by atoms with E-state index in [-0.39, 0.29) is 0 Å². The fraction of sp³-hybridized carbons (Fsp3) is 0.0400. The minimum absolute atomic E-state index is 0.751. The second-order valence-corrected chi connectivity index (χ2v) is 7.00. The number of para-hydroxylation sites is 1. The van der Waals surface area contributed by atoms with E-state index < -0.39 is 0 Å².